The molecule has 1 aliphatic rings. The van der Waals surface area contributed by atoms with Crippen LogP contribution in [0.4, 0.5) is 0 Å². The number of likely N-dealkylation sites (tertiary alicyclic amines) is 1. The maximum absolute atomic E-state index is 10.8. The molecule has 1 saturated heterocycles. The van der Waals surface area contributed by atoms with Crippen LogP contribution in [0.3, 0.4) is 0 Å². The summed E-state index contributed by atoms with van der Waals surface area (Å²) in [5.74, 6) is -0.266. The fraction of sp³-hybridized carbons (Fsp3) is 0.615. The zero-order chi connectivity index (χ0) is 13.2. The predicted octanol–water partition coefficient (Wildman–Crippen LogP) is 1.98. The second-order valence-corrected chi connectivity index (χ2v) is 5.08. The highest BCUT2D eigenvalue weighted by Gasteiger charge is 2.31. The highest BCUT2D eigenvalue weighted by molar-refractivity contribution is 5.87. The van der Waals surface area contributed by atoms with Crippen LogP contribution in [-0.4, -0.2) is 41.8 Å². The first-order valence-corrected chi connectivity index (χ1v) is 6.11. The molecule has 18 heavy (non-hydrogen) atoms. The number of rotatable bonds is 4. The minimum Gasteiger partial charge on any atom is -0.478 e. The van der Waals surface area contributed by atoms with E-state index >= 15 is 0 Å². The highest BCUT2D eigenvalue weighted by atomic mass is 16.5. The van der Waals surface area contributed by atoms with E-state index in [0.29, 0.717) is 12.3 Å². The third kappa shape index (κ3) is 2.91. The van der Waals surface area contributed by atoms with Crippen molar-refractivity contribution in [3.8, 4) is 0 Å². The molecule has 0 aliphatic carbocycles. The zero-order valence-electron chi connectivity index (χ0n) is 10.8. The molecule has 1 fully saturated rings. The molecule has 1 unspecified atom stereocenters. The van der Waals surface area contributed by atoms with Crippen LogP contribution in [0.1, 0.15) is 35.9 Å². The maximum atomic E-state index is 10.8. The summed E-state index contributed by atoms with van der Waals surface area (Å²) >= 11 is 0. The van der Waals surface area contributed by atoms with Gasteiger partial charge in [-0.05, 0) is 32.4 Å². The van der Waals surface area contributed by atoms with Gasteiger partial charge in [-0.3, -0.25) is 4.90 Å². The number of hydrogen-bond donors (Lipinski definition) is 1. The second kappa shape index (κ2) is 5.12. The van der Waals surface area contributed by atoms with Gasteiger partial charge < -0.3 is 14.3 Å². The summed E-state index contributed by atoms with van der Waals surface area (Å²) < 4.78 is 10.8. The molecular weight excluding hydrogens is 234 g/mol. The zero-order valence-corrected chi connectivity index (χ0v) is 10.8. The van der Waals surface area contributed by atoms with E-state index in [-0.39, 0.29) is 11.2 Å². The minimum absolute atomic E-state index is 0.111. The van der Waals surface area contributed by atoms with Crippen LogP contribution in [0, 0.1) is 0 Å². The first-order valence-electron chi connectivity index (χ1n) is 6.11. The minimum atomic E-state index is -0.953. The van der Waals surface area contributed by atoms with Gasteiger partial charge in [-0.1, -0.05) is 0 Å². The van der Waals surface area contributed by atoms with Gasteiger partial charge in [-0.15, -0.1) is 0 Å². The molecule has 1 aliphatic heterocycles. The van der Waals surface area contributed by atoms with E-state index < -0.39 is 5.97 Å². The Morgan fingerprint density at radius 1 is 1.67 bits per heavy atom. The van der Waals surface area contributed by atoms with E-state index in [1.54, 1.807) is 13.2 Å². The van der Waals surface area contributed by atoms with Crippen molar-refractivity contribution in [2.24, 2.45) is 0 Å². The molecule has 0 saturated carbocycles. The van der Waals surface area contributed by atoms with Crippen molar-refractivity contribution in [2.75, 3.05) is 20.2 Å². The van der Waals surface area contributed by atoms with E-state index in [9.17, 15) is 4.79 Å². The van der Waals surface area contributed by atoms with Crippen molar-refractivity contribution in [1.29, 1.82) is 0 Å². The van der Waals surface area contributed by atoms with Crippen molar-refractivity contribution in [3.05, 3.63) is 23.7 Å². The van der Waals surface area contributed by atoms with Gasteiger partial charge in [-0.2, -0.15) is 0 Å². The molecule has 5 heteroatoms. The van der Waals surface area contributed by atoms with Crippen LogP contribution in [0.15, 0.2) is 16.7 Å². The first kappa shape index (κ1) is 13.1. The van der Waals surface area contributed by atoms with Gasteiger partial charge in [0.05, 0.1) is 17.7 Å². The molecule has 1 aromatic heterocycles. The topological polar surface area (TPSA) is 62.9 Å². The van der Waals surface area contributed by atoms with Crippen molar-refractivity contribution >= 4 is 5.97 Å². The van der Waals surface area contributed by atoms with Crippen LogP contribution in [0.25, 0.3) is 0 Å². The number of carboxylic acid groups (broad SMARTS) is 1. The van der Waals surface area contributed by atoms with Gasteiger partial charge in [0.1, 0.15) is 12.0 Å². The molecule has 2 heterocycles. The van der Waals surface area contributed by atoms with Gasteiger partial charge >= 0.3 is 5.97 Å². The monoisotopic (exact) mass is 253 g/mol. The van der Waals surface area contributed by atoms with E-state index in [0.717, 1.165) is 25.9 Å². The average molecular weight is 253 g/mol. The van der Waals surface area contributed by atoms with E-state index in [4.69, 9.17) is 14.3 Å². The summed E-state index contributed by atoms with van der Waals surface area (Å²) in [6.45, 7) is 4.56. The molecule has 100 valence electrons. The molecule has 1 aromatic rings. The number of methoxy groups -OCH3 is 1. The summed E-state index contributed by atoms with van der Waals surface area (Å²) in [6.07, 6.45) is 3.42. The van der Waals surface area contributed by atoms with Crippen LogP contribution in [-0.2, 0) is 11.3 Å². The lowest BCUT2D eigenvalue weighted by atomic mass is 9.95. The Hall–Kier alpha value is -1.33. The largest absolute Gasteiger partial charge is 0.478 e. The Labute approximate surface area is 106 Å². The van der Waals surface area contributed by atoms with E-state index in [2.05, 4.69) is 11.8 Å². The number of hydrogen-bond acceptors (Lipinski definition) is 4. The normalized spacial score (nSPS) is 25.2. The highest BCUT2D eigenvalue weighted by Crippen LogP contribution is 2.25. The van der Waals surface area contributed by atoms with Crippen LogP contribution in [0.2, 0.25) is 0 Å². The molecule has 5 nitrogen and oxygen atoms in total. The Morgan fingerprint density at radius 2 is 2.44 bits per heavy atom. The Bertz CT molecular complexity index is 428. The summed E-state index contributed by atoms with van der Waals surface area (Å²) in [4.78, 5) is 13.0. The van der Waals surface area contributed by atoms with E-state index in [1.165, 1.54) is 6.26 Å². The molecular formula is C13H19NO4. The number of piperidine rings is 1. The third-order valence-corrected chi connectivity index (χ3v) is 3.51. The van der Waals surface area contributed by atoms with Crippen molar-refractivity contribution in [2.45, 2.75) is 31.9 Å². The molecule has 0 aromatic carbocycles. The summed E-state index contributed by atoms with van der Waals surface area (Å²) in [5.41, 5.74) is 0.0945. The lowest BCUT2D eigenvalue weighted by Gasteiger charge is -2.39. The SMILES string of the molecule is COC1(C)CCCN(Cc2cc(C(=O)O)co2)C1. The molecule has 2 rings (SSSR count). The van der Waals surface area contributed by atoms with E-state index in [1.807, 2.05) is 0 Å². The number of carboxylic acids is 1. The average Bonchev–Trinajstić information content (AvgIpc) is 2.78. The van der Waals surface area contributed by atoms with Crippen molar-refractivity contribution in [1.82, 2.24) is 4.90 Å². The van der Waals surface area contributed by atoms with Gasteiger partial charge in [0.2, 0.25) is 0 Å². The molecule has 0 bridgehead atoms. The molecule has 0 spiro atoms. The van der Waals surface area contributed by atoms with Crippen LogP contribution in [0.5, 0.6) is 0 Å². The number of furan rings is 1. The van der Waals surface area contributed by atoms with Crippen molar-refractivity contribution < 1.29 is 19.1 Å². The van der Waals surface area contributed by atoms with Gasteiger partial charge in [-0.25, -0.2) is 4.79 Å². The smallest absolute Gasteiger partial charge is 0.338 e. The molecule has 1 N–H and O–H groups in total. The number of aromatic carboxylic acids is 1. The standard InChI is InChI=1S/C13H19NO4/c1-13(17-2)4-3-5-14(9-13)7-11-6-10(8-18-11)12(15)16/h6,8H,3-5,7,9H2,1-2H3,(H,15,16). The quantitative estimate of drug-likeness (QED) is 0.889. The Morgan fingerprint density at radius 3 is 3.06 bits per heavy atom. The molecule has 1 atom stereocenters. The second-order valence-electron chi connectivity index (χ2n) is 5.08. The lowest BCUT2D eigenvalue weighted by Crippen LogP contribution is -2.46. The van der Waals surface area contributed by atoms with Crippen LogP contribution >= 0.6 is 0 Å². The summed E-state index contributed by atoms with van der Waals surface area (Å²) in [5, 5.41) is 8.83. The van der Waals surface area contributed by atoms with Gasteiger partial charge in [0, 0.05) is 13.7 Å². The maximum Gasteiger partial charge on any atom is 0.338 e. The fourth-order valence-electron chi connectivity index (χ4n) is 2.41. The summed E-state index contributed by atoms with van der Waals surface area (Å²) in [6, 6.07) is 1.58. The first-order chi connectivity index (χ1) is 8.52. The predicted molar refractivity (Wildman–Crippen MR) is 65.6 cm³/mol. The number of ether oxygens (including phenoxy) is 1. The fourth-order valence-corrected chi connectivity index (χ4v) is 2.41. The molecule has 0 radical (unpaired) electrons. The third-order valence-electron chi connectivity index (χ3n) is 3.51. The Kier molecular flexibility index (Phi) is 3.73. The Balaban J connectivity index is 1.98. The molecule has 0 amide bonds. The van der Waals surface area contributed by atoms with Crippen LogP contribution < -0.4 is 0 Å². The van der Waals surface area contributed by atoms with Crippen molar-refractivity contribution in [3.63, 3.8) is 0 Å². The lowest BCUT2D eigenvalue weighted by molar-refractivity contribution is -0.0538. The van der Waals surface area contributed by atoms with Gasteiger partial charge in [0.15, 0.2) is 0 Å². The summed E-state index contributed by atoms with van der Waals surface area (Å²) in [7, 11) is 1.74. The van der Waals surface area contributed by atoms with Gasteiger partial charge in [0.25, 0.3) is 0 Å². The number of nitrogens with zero attached hydrogens (tertiary/aromatic N) is 1. The number of carbonyl (C=O) groups is 1.